The molecule has 0 aliphatic carbocycles. The molecule has 0 spiro atoms. The van der Waals surface area contributed by atoms with Crippen LogP contribution in [-0.4, -0.2) is 27.0 Å². The van der Waals surface area contributed by atoms with Gasteiger partial charge in [0.25, 0.3) is 0 Å². The molecule has 0 fully saturated rings. The van der Waals surface area contributed by atoms with Gasteiger partial charge in [0.2, 0.25) is 15.9 Å². The lowest BCUT2D eigenvalue weighted by atomic mass is 10.1. The maximum atomic E-state index is 12.8. The van der Waals surface area contributed by atoms with E-state index in [1.807, 2.05) is 0 Å². The largest absolute Gasteiger partial charge is 0.402 e. The van der Waals surface area contributed by atoms with E-state index in [4.69, 9.17) is 0 Å². The molecule has 0 saturated heterocycles. The SMILES string of the molecule is O=C(Cc1ccc(F)cc1)Nc1ccc(S(=O)(=O)NCC(F)(F)F)cc1. The average Bonchev–Trinajstić information content (AvgIpc) is 2.55. The van der Waals surface area contributed by atoms with Crippen LogP contribution in [0.15, 0.2) is 53.4 Å². The molecular weight excluding hydrogens is 376 g/mol. The Morgan fingerprint density at radius 1 is 0.962 bits per heavy atom. The summed E-state index contributed by atoms with van der Waals surface area (Å²) in [6.07, 6.45) is -4.69. The highest BCUT2D eigenvalue weighted by molar-refractivity contribution is 7.89. The molecule has 0 aliphatic rings. The Hall–Kier alpha value is -2.46. The van der Waals surface area contributed by atoms with Crippen molar-refractivity contribution < 1.29 is 30.8 Å². The third kappa shape index (κ3) is 6.12. The first kappa shape index (κ1) is 19.9. The van der Waals surface area contributed by atoms with Crippen molar-refractivity contribution in [3.05, 3.63) is 59.9 Å². The van der Waals surface area contributed by atoms with Crippen LogP contribution in [0.3, 0.4) is 0 Å². The van der Waals surface area contributed by atoms with Crippen molar-refractivity contribution in [2.24, 2.45) is 0 Å². The van der Waals surface area contributed by atoms with E-state index in [1.54, 1.807) is 0 Å². The molecule has 0 unspecified atom stereocenters. The predicted molar refractivity (Wildman–Crippen MR) is 86.4 cm³/mol. The van der Waals surface area contributed by atoms with E-state index in [0.29, 0.717) is 5.56 Å². The van der Waals surface area contributed by atoms with Crippen LogP contribution in [0, 0.1) is 5.82 Å². The molecule has 140 valence electrons. The number of rotatable bonds is 6. The second kappa shape index (κ2) is 7.83. The van der Waals surface area contributed by atoms with Crippen molar-refractivity contribution >= 4 is 21.6 Å². The van der Waals surface area contributed by atoms with Gasteiger partial charge >= 0.3 is 6.18 Å². The minimum atomic E-state index is -4.67. The Labute approximate surface area is 147 Å². The standard InChI is InChI=1S/C16H14F4N2O3S/c17-12-3-1-11(2-4-12)9-15(23)22-13-5-7-14(8-6-13)26(24,25)21-10-16(18,19)20/h1-8,21H,9-10H2,(H,22,23). The van der Waals surface area contributed by atoms with Gasteiger partial charge in [0.1, 0.15) is 12.4 Å². The second-order valence-corrected chi connectivity index (χ2v) is 7.08. The molecule has 1 amide bonds. The summed E-state index contributed by atoms with van der Waals surface area (Å²) in [5.41, 5.74) is 0.853. The van der Waals surface area contributed by atoms with Gasteiger partial charge in [0.15, 0.2) is 0 Å². The van der Waals surface area contributed by atoms with E-state index in [0.717, 1.165) is 12.1 Å². The van der Waals surface area contributed by atoms with E-state index in [-0.39, 0.29) is 17.0 Å². The van der Waals surface area contributed by atoms with Crippen LogP contribution in [-0.2, 0) is 21.2 Å². The highest BCUT2D eigenvalue weighted by atomic mass is 32.2. The lowest BCUT2D eigenvalue weighted by molar-refractivity contribution is -0.121. The smallest absolute Gasteiger partial charge is 0.326 e. The molecule has 2 N–H and O–H groups in total. The summed E-state index contributed by atoms with van der Waals surface area (Å²) >= 11 is 0. The first-order valence-corrected chi connectivity index (χ1v) is 8.74. The highest BCUT2D eigenvalue weighted by Gasteiger charge is 2.30. The number of carbonyl (C=O) groups is 1. The summed E-state index contributed by atoms with van der Waals surface area (Å²) in [7, 11) is -4.31. The number of nitrogens with one attached hydrogen (secondary N) is 2. The zero-order chi connectivity index (χ0) is 19.4. The summed E-state index contributed by atoms with van der Waals surface area (Å²) in [4.78, 5) is 11.5. The van der Waals surface area contributed by atoms with Crippen LogP contribution in [0.25, 0.3) is 0 Å². The summed E-state index contributed by atoms with van der Waals surface area (Å²) in [6, 6.07) is 10.0. The molecule has 0 aromatic heterocycles. The molecule has 2 rings (SSSR count). The zero-order valence-electron chi connectivity index (χ0n) is 13.2. The number of benzene rings is 2. The van der Waals surface area contributed by atoms with Crippen LogP contribution in [0.2, 0.25) is 0 Å². The van der Waals surface area contributed by atoms with E-state index >= 15 is 0 Å². The van der Waals surface area contributed by atoms with E-state index < -0.39 is 34.5 Å². The summed E-state index contributed by atoms with van der Waals surface area (Å²) in [5.74, 6) is -0.840. The van der Waals surface area contributed by atoms with Gasteiger partial charge in [0.05, 0.1) is 11.3 Å². The fraction of sp³-hybridized carbons (Fsp3) is 0.188. The Kier molecular flexibility index (Phi) is 5.98. The number of anilines is 1. The number of carbonyl (C=O) groups excluding carboxylic acids is 1. The first-order valence-electron chi connectivity index (χ1n) is 7.26. The molecule has 10 heteroatoms. The van der Waals surface area contributed by atoms with Gasteiger partial charge in [-0.05, 0) is 42.0 Å². The van der Waals surface area contributed by atoms with Gasteiger partial charge < -0.3 is 5.32 Å². The molecule has 2 aromatic rings. The third-order valence-corrected chi connectivity index (χ3v) is 4.61. The normalized spacial score (nSPS) is 12.0. The van der Waals surface area contributed by atoms with Crippen LogP contribution in [0.5, 0.6) is 0 Å². The Morgan fingerprint density at radius 2 is 1.54 bits per heavy atom. The topological polar surface area (TPSA) is 75.3 Å². The molecule has 0 heterocycles. The van der Waals surface area contributed by atoms with Gasteiger partial charge in [-0.15, -0.1) is 0 Å². The third-order valence-electron chi connectivity index (χ3n) is 3.19. The van der Waals surface area contributed by atoms with Crippen LogP contribution in [0.4, 0.5) is 23.2 Å². The summed E-state index contributed by atoms with van der Waals surface area (Å²) < 4.78 is 74.1. The highest BCUT2D eigenvalue weighted by Crippen LogP contribution is 2.17. The zero-order valence-corrected chi connectivity index (χ0v) is 14.0. The maximum absolute atomic E-state index is 12.8. The number of halogens is 4. The molecule has 0 radical (unpaired) electrons. The predicted octanol–water partition coefficient (Wildman–Crippen LogP) is 2.85. The summed E-state index contributed by atoms with van der Waals surface area (Å²) in [5, 5.41) is 2.51. The quantitative estimate of drug-likeness (QED) is 0.745. The van der Waals surface area contributed by atoms with Crippen LogP contribution >= 0.6 is 0 Å². The molecule has 2 aromatic carbocycles. The number of amides is 1. The van der Waals surface area contributed by atoms with Gasteiger partial charge in [-0.2, -0.15) is 13.2 Å². The minimum Gasteiger partial charge on any atom is -0.326 e. The lowest BCUT2D eigenvalue weighted by Gasteiger charge is -2.10. The monoisotopic (exact) mass is 390 g/mol. The molecular formula is C16H14F4N2O3S. The Bertz CT molecular complexity index is 864. The molecule has 0 saturated carbocycles. The lowest BCUT2D eigenvalue weighted by Crippen LogP contribution is -2.33. The molecule has 5 nitrogen and oxygen atoms in total. The van der Waals surface area contributed by atoms with Crippen LogP contribution < -0.4 is 10.0 Å². The van der Waals surface area contributed by atoms with E-state index in [2.05, 4.69) is 5.32 Å². The number of sulfonamides is 1. The second-order valence-electron chi connectivity index (χ2n) is 5.32. The van der Waals surface area contributed by atoms with E-state index in [9.17, 15) is 30.8 Å². The number of hydrogen-bond donors (Lipinski definition) is 2. The first-order chi connectivity index (χ1) is 12.0. The van der Waals surface area contributed by atoms with E-state index in [1.165, 1.54) is 41.1 Å². The maximum Gasteiger partial charge on any atom is 0.402 e. The molecule has 0 aliphatic heterocycles. The van der Waals surface area contributed by atoms with Crippen molar-refractivity contribution in [2.45, 2.75) is 17.5 Å². The molecule has 0 bridgehead atoms. The van der Waals surface area contributed by atoms with Gasteiger partial charge in [0, 0.05) is 5.69 Å². The minimum absolute atomic E-state index is 0.0204. The Morgan fingerprint density at radius 3 is 2.08 bits per heavy atom. The van der Waals surface area contributed by atoms with Crippen molar-refractivity contribution in [1.82, 2.24) is 4.72 Å². The van der Waals surface area contributed by atoms with Crippen molar-refractivity contribution in [3.63, 3.8) is 0 Å². The van der Waals surface area contributed by atoms with Crippen molar-refractivity contribution in [3.8, 4) is 0 Å². The average molecular weight is 390 g/mol. The van der Waals surface area contributed by atoms with Gasteiger partial charge in [-0.3, -0.25) is 4.79 Å². The number of alkyl halides is 3. The Balaban J connectivity index is 1.98. The molecule has 26 heavy (non-hydrogen) atoms. The van der Waals surface area contributed by atoms with Crippen molar-refractivity contribution in [1.29, 1.82) is 0 Å². The van der Waals surface area contributed by atoms with Crippen molar-refractivity contribution in [2.75, 3.05) is 11.9 Å². The number of hydrogen-bond acceptors (Lipinski definition) is 3. The molecule has 0 atom stereocenters. The summed E-state index contributed by atoms with van der Waals surface area (Å²) in [6.45, 7) is -1.68. The fourth-order valence-electron chi connectivity index (χ4n) is 1.97. The van der Waals surface area contributed by atoms with Gasteiger partial charge in [-0.1, -0.05) is 12.1 Å². The van der Waals surface area contributed by atoms with Crippen LogP contribution in [0.1, 0.15) is 5.56 Å². The van der Waals surface area contributed by atoms with Gasteiger partial charge in [-0.25, -0.2) is 17.5 Å². The fourth-order valence-corrected chi connectivity index (χ4v) is 2.99.